The monoisotopic (exact) mass is 351 g/mol. The van der Waals surface area contributed by atoms with Crippen LogP contribution in [0.25, 0.3) is 0 Å². The highest BCUT2D eigenvalue weighted by Gasteiger charge is 2.20. The predicted octanol–water partition coefficient (Wildman–Crippen LogP) is 3.50. The lowest BCUT2D eigenvalue weighted by atomic mass is 10.1. The second kappa shape index (κ2) is 7.32. The molecular formula is C18H22FNO3S. The van der Waals surface area contributed by atoms with Crippen LogP contribution in [0.1, 0.15) is 23.6 Å². The van der Waals surface area contributed by atoms with Gasteiger partial charge >= 0.3 is 0 Å². The van der Waals surface area contributed by atoms with Gasteiger partial charge in [0.2, 0.25) is 10.0 Å². The molecule has 1 N–H and O–H groups in total. The van der Waals surface area contributed by atoms with Gasteiger partial charge < -0.3 is 4.74 Å². The third-order valence-corrected chi connectivity index (χ3v) is 5.51. The van der Waals surface area contributed by atoms with E-state index >= 15 is 0 Å². The Morgan fingerprint density at radius 2 is 1.75 bits per heavy atom. The summed E-state index contributed by atoms with van der Waals surface area (Å²) in [6, 6.07) is 8.91. The molecule has 1 atom stereocenters. The van der Waals surface area contributed by atoms with Crippen LogP contribution in [0.3, 0.4) is 0 Å². The molecule has 6 heteroatoms. The maximum absolute atomic E-state index is 13.1. The number of sulfonamides is 1. The van der Waals surface area contributed by atoms with Crippen molar-refractivity contribution in [1.29, 1.82) is 0 Å². The van der Waals surface area contributed by atoms with Crippen molar-refractivity contribution in [2.45, 2.75) is 38.6 Å². The smallest absolute Gasteiger partial charge is 0.241 e. The van der Waals surface area contributed by atoms with Gasteiger partial charge in [-0.1, -0.05) is 6.07 Å². The Labute approximate surface area is 142 Å². The number of nitrogens with one attached hydrogen (secondary N) is 1. The third kappa shape index (κ3) is 4.55. The Bertz CT molecular complexity index is 834. The van der Waals surface area contributed by atoms with Crippen molar-refractivity contribution >= 4 is 10.0 Å². The molecule has 0 bridgehead atoms. The number of halogens is 1. The molecule has 130 valence electrons. The second-order valence-corrected chi connectivity index (χ2v) is 7.67. The molecule has 0 aromatic heterocycles. The van der Waals surface area contributed by atoms with Crippen molar-refractivity contribution in [3.63, 3.8) is 0 Å². The molecule has 0 saturated heterocycles. The molecule has 0 unspecified atom stereocenters. The Hall–Kier alpha value is -1.92. The first-order valence-electron chi connectivity index (χ1n) is 7.67. The standard InChI is InChI=1S/C18H22FNO3S/c1-12-5-7-17(10-13(12)2)23-11-15(4)20-24(21,22)18-8-6-16(19)9-14(18)3/h5-10,15,20H,11H2,1-4H3/t15-/m1/s1. The fraction of sp³-hybridized carbons (Fsp3) is 0.333. The van der Waals surface area contributed by atoms with Gasteiger partial charge in [-0.2, -0.15) is 0 Å². The van der Waals surface area contributed by atoms with Crippen molar-refractivity contribution in [2.75, 3.05) is 6.61 Å². The summed E-state index contributed by atoms with van der Waals surface area (Å²) in [5, 5.41) is 0. The van der Waals surface area contributed by atoms with E-state index < -0.39 is 21.9 Å². The van der Waals surface area contributed by atoms with Gasteiger partial charge in [-0.05, 0) is 74.7 Å². The maximum Gasteiger partial charge on any atom is 0.241 e. The topological polar surface area (TPSA) is 55.4 Å². The van der Waals surface area contributed by atoms with Gasteiger partial charge in [0.05, 0.1) is 10.9 Å². The summed E-state index contributed by atoms with van der Waals surface area (Å²) in [6.45, 7) is 7.49. The SMILES string of the molecule is Cc1ccc(OC[C@@H](C)NS(=O)(=O)c2ccc(F)cc2C)cc1C. The van der Waals surface area contributed by atoms with E-state index in [9.17, 15) is 12.8 Å². The normalized spacial score (nSPS) is 12.9. The molecule has 0 spiro atoms. The molecule has 24 heavy (non-hydrogen) atoms. The van der Waals surface area contributed by atoms with E-state index in [-0.39, 0.29) is 11.5 Å². The Morgan fingerprint density at radius 3 is 2.38 bits per heavy atom. The molecule has 0 aliphatic rings. The minimum absolute atomic E-state index is 0.0712. The lowest BCUT2D eigenvalue weighted by Gasteiger charge is -2.17. The van der Waals surface area contributed by atoms with Crippen molar-refractivity contribution < 1.29 is 17.5 Å². The average Bonchev–Trinajstić information content (AvgIpc) is 2.47. The van der Waals surface area contributed by atoms with Crippen LogP contribution in [0.4, 0.5) is 4.39 Å². The lowest BCUT2D eigenvalue weighted by molar-refractivity contribution is 0.287. The second-order valence-electron chi connectivity index (χ2n) is 5.99. The van der Waals surface area contributed by atoms with Gasteiger partial charge in [0, 0.05) is 0 Å². The number of hydrogen-bond acceptors (Lipinski definition) is 3. The molecule has 2 aromatic rings. The van der Waals surface area contributed by atoms with Gasteiger partial charge in [-0.3, -0.25) is 0 Å². The maximum atomic E-state index is 13.1. The zero-order valence-electron chi connectivity index (χ0n) is 14.3. The highest BCUT2D eigenvalue weighted by Crippen LogP contribution is 2.18. The van der Waals surface area contributed by atoms with Crippen LogP contribution >= 0.6 is 0 Å². The molecule has 0 heterocycles. The van der Waals surface area contributed by atoms with Crippen LogP contribution in [-0.4, -0.2) is 21.1 Å². The minimum Gasteiger partial charge on any atom is -0.492 e. The van der Waals surface area contributed by atoms with Crippen LogP contribution in [-0.2, 0) is 10.0 Å². The largest absolute Gasteiger partial charge is 0.492 e. The number of ether oxygens (including phenoxy) is 1. The van der Waals surface area contributed by atoms with E-state index in [0.29, 0.717) is 11.3 Å². The van der Waals surface area contributed by atoms with Gasteiger partial charge in [0.25, 0.3) is 0 Å². The first-order valence-corrected chi connectivity index (χ1v) is 9.16. The molecule has 2 aromatic carbocycles. The summed E-state index contributed by atoms with van der Waals surface area (Å²) in [5.74, 6) is 0.236. The predicted molar refractivity (Wildman–Crippen MR) is 92.3 cm³/mol. The van der Waals surface area contributed by atoms with Gasteiger partial charge in [-0.15, -0.1) is 0 Å². The van der Waals surface area contributed by atoms with E-state index in [1.165, 1.54) is 17.7 Å². The number of hydrogen-bond donors (Lipinski definition) is 1. The van der Waals surface area contributed by atoms with Crippen molar-refractivity contribution in [3.8, 4) is 5.75 Å². The lowest BCUT2D eigenvalue weighted by Crippen LogP contribution is -2.37. The van der Waals surface area contributed by atoms with Crippen molar-refractivity contribution in [2.24, 2.45) is 0 Å². The first kappa shape index (κ1) is 18.4. The Kier molecular flexibility index (Phi) is 5.62. The van der Waals surface area contributed by atoms with E-state index in [1.807, 2.05) is 32.0 Å². The van der Waals surface area contributed by atoms with E-state index in [2.05, 4.69) is 4.72 Å². The quantitative estimate of drug-likeness (QED) is 0.867. The van der Waals surface area contributed by atoms with Gasteiger partial charge in [0.1, 0.15) is 18.2 Å². The Morgan fingerprint density at radius 1 is 1.04 bits per heavy atom. The molecule has 0 radical (unpaired) electrons. The first-order chi connectivity index (χ1) is 11.2. The number of benzene rings is 2. The molecule has 0 aliphatic heterocycles. The fourth-order valence-electron chi connectivity index (χ4n) is 2.30. The third-order valence-electron chi connectivity index (χ3n) is 3.76. The summed E-state index contributed by atoms with van der Waals surface area (Å²) in [4.78, 5) is 0.0712. The fourth-order valence-corrected chi connectivity index (χ4v) is 3.76. The molecule has 0 fully saturated rings. The van der Waals surface area contributed by atoms with Crippen LogP contribution in [0.5, 0.6) is 5.75 Å². The zero-order chi connectivity index (χ0) is 17.9. The van der Waals surface area contributed by atoms with Crippen LogP contribution < -0.4 is 9.46 Å². The molecule has 0 amide bonds. The molecule has 0 aliphatic carbocycles. The zero-order valence-corrected chi connectivity index (χ0v) is 15.1. The van der Waals surface area contributed by atoms with E-state index in [4.69, 9.17) is 4.74 Å². The molecule has 2 rings (SSSR count). The minimum atomic E-state index is -3.72. The summed E-state index contributed by atoms with van der Waals surface area (Å²) in [6.07, 6.45) is 0. The van der Waals surface area contributed by atoms with Gasteiger partial charge in [-0.25, -0.2) is 17.5 Å². The highest BCUT2D eigenvalue weighted by molar-refractivity contribution is 7.89. The van der Waals surface area contributed by atoms with E-state index in [0.717, 1.165) is 11.6 Å². The number of rotatable bonds is 6. The van der Waals surface area contributed by atoms with Gasteiger partial charge in [0.15, 0.2) is 0 Å². The molecule has 0 saturated carbocycles. The van der Waals surface area contributed by atoms with Crippen molar-refractivity contribution in [3.05, 3.63) is 58.9 Å². The van der Waals surface area contributed by atoms with E-state index in [1.54, 1.807) is 13.8 Å². The average molecular weight is 351 g/mol. The van der Waals surface area contributed by atoms with Crippen LogP contribution in [0.15, 0.2) is 41.3 Å². The number of aryl methyl sites for hydroxylation is 3. The summed E-state index contributed by atoms with van der Waals surface area (Å²) >= 11 is 0. The van der Waals surface area contributed by atoms with Crippen molar-refractivity contribution in [1.82, 2.24) is 4.72 Å². The van der Waals surface area contributed by atoms with Crippen LogP contribution in [0.2, 0.25) is 0 Å². The summed E-state index contributed by atoms with van der Waals surface area (Å²) < 4.78 is 46.1. The highest BCUT2D eigenvalue weighted by atomic mass is 32.2. The Balaban J connectivity index is 2.02. The molecule has 4 nitrogen and oxygen atoms in total. The molecular weight excluding hydrogens is 329 g/mol. The summed E-state index contributed by atoms with van der Waals surface area (Å²) in [5.41, 5.74) is 2.65. The summed E-state index contributed by atoms with van der Waals surface area (Å²) in [7, 11) is -3.72. The van der Waals surface area contributed by atoms with Crippen LogP contribution in [0, 0.1) is 26.6 Å².